The van der Waals surface area contributed by atoms with E-state index in [1.54, 1.807) is 4.90 Å². The molecule has 0 saturated heterocycles. The Morgan fingerprint density at radius 1 is 1.56 bits per heavy atom. The lowest BCUT2D eigenvalue weighted by molar-refractivity contribution is 0.0781. The number of carbonyl (C=O) groups is 1. The SMILES string of the molecule is CCCN(CC#N)C(=O)c1cc(C)c(C)s1. The average Bonchev–Trinajstić information content (AvgIpc) is 2.58. The van der Waals surface area contributed by atoms with E-state index in [4.69, 9.17) is 5.26 Å². The van der Waals surface area contributed by atoms with Crippen molar-refractivity contribution in [1.82, 2.24) is 4.90 Å². The van der Waals surface area contributed by atoms with Gasteiger partial charge in [-0.05, 0) is 31.9 Å². The minimum atomic E-state index is -0.0235. The van der Waals surface area contributed by atoms with Gasteiger partial charge in [-0.2, -0.15) is 5.26 Å². The summed E-state index contributed by atoms with van der Waals surface area (Å²) < 4.78 is 0. The molecule has 0 bridgehead atoms. The molecule has 0 aromatic carbocycles. The van der Waals surface area contributed by atoms with Crippen LogP contribution in [-0.4, -0.2) is 23.9 Å². The van der Waals surface area contributed by atoms with Crippen LogP contribution < -0.4 is 0 Å². The third kappa shape index (κ3) is 2.83. The first-order valence-corrected chi connectivity index (χ1v) is 6.15. The van der Waals surface area contributed by atoms with Crippen LogP contribution in [0.5, 0.6) is 0 Å². The van der Waals surface area contributed by atoms with Crippen molar-refractivity contribution in [3.63, 3.8) is 0 Å². The Labute approximate surface area is 100 Å². The van der Waals surface area contributed by atoms with Crippen molar-refractivity contribution in [2.45, 2.75) is 27.2 Å². The van der Waals surface area contributed by atoms with Crippen LogP contribution in [0.3, 0.4) is 0 Å². The van der Waals surface area contributed by atoms with Crippen LogP contribution in [0.15, 0.2) is 6.07 Å². The van der Waals surface area contributed by atoms with E-state index in [0.29, 0.717) is 6.54 Å². The molecule has 86 valence electrons. The molecule has 1 heterocycles. The second kappa shape index (κ2) is 5.66. The van der Waals surface area contributed by atoms with Crippen molar-refractivity contribution in [3.8, 4) is 6.07 Å². The summed E-state index contributed by atoms with van der Waals surface area (Å²) in [4.78, 5) is 15.6. The summed E-state index contributed by atoms with van der Waals surface area (Å²) in [6, 6.07) is 3.94. The number of thiophene rings is 1. The lowest BCUT2D eigenvalue weighted by Gasteiger charge is -2.17. The van der Waals surface area contributed by atoms with Crippen LogP contribution in [0.25, 0.3) is 0 Å². The fraction of sp³-hybridized carbons (Fsp3) is 0.500. The van der Waals surface area contributed by atoms with Crippen molar-refractivity contribution < 1.29 is 4.79 Å². The van der Waals surface area contributed by atoms with E-state index in [1.807, 2.05) is 32.9 Å². The van der Waals surface area contributed by atoms with Gasteiger partial charge in [-0.1, -0.05) is 6.92 Å². The van der Waals surface area contributed by atoms with Crippen molar-refractivity contribution in [1.29, 1.82) is 5.26 Å². The molecule has 0 aliphatic carbocycles. The van der Waals surface area contributed by atoms with Crippen molar-refractivity contribution in [2.75, 3.05) is 13.1 Å². The molecule has 0 aliphatic rings. The zero-order valence-electron chi connectivity index (χ0n) is 9.91. The number of aryl methyl sites for hydroxylation is 2. The number of rotatable bonds is 4. The maximum atomic E-state index is 12.1. The van der Waals surface area contributed by atoms with Crippen LogP contribution >= 0.6 is 11.3 Å². The minimum absolute atomic E-state index is 0.0235. The predicted octanol–water partition coefficient (Wildman–Crippen LogP) is 2.74. The van der Waals surface area contributed by atoms with E-state index in [0.717, 1.165) is 21.7 Å². The molecule has 0 aliphatic heterocycles. The van der Waals surface area contributed by atoms with E-state index in [-0.39, 0.29) is 12.5 Å². The molecule has 3 nitrogen and oxygen atoms in total. The van der Waals surface area contributed by atoms with Gasteiger partial charge in [0.05, 0.1) is 10.9 Å². The molecule has 0 fully saturated rings. The van der Waals surface area contributed by atoms with Gasteiger partial charge in [0.15, 0.2) is 0 Å². The third-order valence-corrected chi connectivity index (χ3v) is 3.56. The van der Waals surface area contributed by atoms with Gasteiger partial charge in [-0.25, -0.2) is 0 Å². The number of nitriles is 1. The van der Waals surface area contributed by atoms with Crippen molar-refractivity contribution in [2.24, 2.45) is 0 Å². The standard InChI is InChI=1S/C12H16N2OS/c1-4-6-14(7-5-13)12(15)11-8-9(2)10(3)16-11/h8H,4,6-7H2,1-3H3. The highest BCUT2D eigenvalue weighted by atomic mass is 32.1. The smallest absolute Gasteiger partial charge is 0.264 e. The van der Waals surface area contributed by atoms with Gasteiger partial charge in [-0.15, -0.1) is 11.3 Å². The Morgan fingerprint density at radius 2 is 2.25 bits per heavy atom. The molecular weight excluding hydrogens is 220 g/mol. The number of hydrogen-bond donors (Lipinski definition) is 0. The molecule has 0 saturated carbocycles. The van der Waals surface area contributed by atoms with Gasteiger partial charge in [0.2, 0.25) is 0 Å². The lowest BCUT2D eigenvalue weighted by Crippen LogP contribution is -2.31. The number of hydrogen-bond acceptors (Lipinski definition) is 3. The van der Waals surface area contributed by atoms with Gasteiger partial charge in [0, 0.05) is 11.4 Å². The number of carbonyl (C=O) groups excluding carboxylic acids is 1. The Morgan fingerprint density at radius 3 is 2.69 bits per heavy atom. The van der Waals surface area contributed by atoms with Crippen LogP contribution in [-0.2, 0) is 0 Å². The number of amides is 1. The van der Waals surface area contributed by atoms with Crippen LogP contribution in [0.2, 0.25) is 0 Å². The molecule has 0 unspecified atom stereocenters. The molecule has 4 heteroatoms. The molecule has 16 heavy (non-hydrogen) atoms. The molecule has 0 spiro atoms. The molecule has 1 aromatic heterocycles. The average molecular weight is 236 g/mol. The van der Waals surface area contributed by atoms with E-state index in [1.165, 1.54) is 11.3 Å². The molecule has 1 rings (SSSR count). The highest BCUT2D eigenvalue weighted by Crippen LogP contribution is 2.22. The summed E-state index contributed by atoms with van der Waals surface area (Å²) in [6.45, 7) is 6.82. The second-order valence-corrected chi connectivity index (χ2v) is 4.99. The van der Waals surface area contributed by atoms with Gasteiger partial charge in [0.25, 0.3) is 5.91 Å². The first-order chi connectivity index (χ1) is 7.60. The highest BCUT2D eigenvalue weighted by Gasteiger charge is 2.17. The highest BCUT2D eigenvalue weighted by molar-refractivity contribution is 7.14. The first-order valence-electron chi connectivity index (χ1n) is 5.33. The second-order valence-electron chi connectivity index (χ2n) is 3.73. The first kappa shape index (κ1) is 12.7. The molecule has 0 radical (unpaired) electrons. The summed E-state index contributed by atoms with van der Waals surface area (Å²) in [5, 5.41) is 8.68. The van der Waals surface area contributed by atoms with Gasteiger partial charge >= 0.3 is 0 Å². The van der Waals surface area contributed by atoms with E-state index < -0.39 is 0 Å². The Kier molecular flexibility index (Phi) is 4.51. The quantitative estimate of drug-likeness (QED) is 0.754. The summed E-state index contributed by atoms with van der Waals surface area (Å²) in [5.41, 5.74) is 1.14. The largest absolute Gasteiger partial charge is 0.325 e. The summed E-state index contributed by atoms with van der Waals surface area (Å²) >= 11 is 1.50. The predicted molar refractivity (Wildman–Crippen MR) is 65.6 cm³/mol. The summed E-state index contributed by atoms with van der Waals surface area (Å²) in [7, 11) is 0. The maximum absolute atomic E-state index is 12.1. The summed E-state index contributed by atoms with van der Waals surface area (Å²) in [6.07, 6.45) is 0.872. The fourth-order valence-corrected chi connectivity index (χ4v) is 2.44. The fourth-order valence-electron chi connectivity index (χ4n) is 1.44. The molecule has 0 atom stereocenters. The van der Waals surface area contributed by atoms with E-state index in [9.17, 15) is 4.79 Å². The minimum Gasteiger partial charge on any atom is -0.325 e. The Bertz CT molecular complexity index is 398. The van der Waals surface area contributed by atoms with Crippen LogP contribution in [0.1, 0.15) is 33.5 Å². The summed E-state index contributed by atoms with van der Waals surface area (Å²) in [5.74, 6) is -0.0235. The monoisotopic (exact) mass is 236 g/mol. The topological polar surface area (TPSA) is 44.1 Å². The van der Waals surface area contributed by atoms with E-state index in [2.05, 4.69) is 0 Å². The van der Waals surface area contributed by atoms with Crippen molar-refractivity contribution >= 4 is 17.2 Å². The molecular formula is C12H16N2OS. The zero-order chi connectivity index (χ0) is 12.1. The normalized spacial score (nSPS) is 9.88. The van der Waals surface area contributed by atoms with Crippen molar-refractivity contribution in [3.05, 3.63) is 21.4 Å². The number of nitrogens with zero attached hydrogens (tertiary/aromatic N) is 2. The molecule has 1 aromatic rings. The van der Waals surface area contributed by atoms with Crippen LogP contribution in [0.4, 0.5) is 0 Å². The van der Waals surface area contributed by atoms with Gasteiger partial charge in [0.1, 0.15) is 6.54 Å². The van der Waals surface area contributed by atoms with Crippen LogP contribution in [0, 0.1) is 25.2 Å². The Hall–Kier alpha value is -1.34. The molecule has 1 amide bonds. The van der Waals surface area contributed by atoms with E-state index >= 15 is 0 Å². The van der Waals surface area contributed by atoms with Gasteiger partial charge in [-0.3, -0.25) is 4.79 Å². The third-order valence-electron chi connectivity index (χ3n) is 2.42. The zero-order valence-corrected chi connectivity index (χ0v) is 10.7. The Balaban J connectivity index is 2.86. The van der Waals surface area contributed by atoms with Gasteiger partial charge < -0.3 is 4.90 Å². The maximum Gasteiger partial charge on any atom is 0.264 e. The molecule has 0 N–H and O–H groups in total. The lowest BCUT2D eigenvalue weighted by atomic mass is 10.2.